The van der Waals surface area contributed by atoms with Gasteiger partial charge in [-0.25, -0.2) is 0 Å². The van der Waals surface area contributed by atoms with E-state index in [0.717, 1.165) is 45.4 Å². The molecule has 0 aromatic heterocycles. The van der Waals surface area contributed by atoms with Gasteiger partial charge in [-0.1, -0.05) is 91.0 Å². The fraction of sp³-hybridized carbons (Fsp3) is 0.240. The van der Waals surface area contributed by atoms with Gasteiger partial charge < -0.3 is 43.4 Å². The van der Waals surface area contributed by atoms with Crippen molar-refractivity contribution in [3.05, 3.63) is 165 Å². The largest absolute Gasteiger partial charge is 0.507 e. The zero-order valence-corrected chi connectivity index (χ0v) is 33.4. The van der Waals surface area contributed by atoms with E-state index in [0.29, 0.717) is 63.6 Å². The summed E-state index contributed by atoms with van der Waals surface area (Å²) in [6.45, 7) is 3.68. The van der Waals surface area contributed by atoms with E-state index in [9.17, 15) is 10.2 Å². The Balaban J connectivity index is 1.34. The molecule has 6 aromatic carbocycles. The molecular weight excluding hydrogens is 745 g/mol. The molecule has 9 nitrogen and oxygen atoms in total. The highest BCUT2D eigenvalue weighted by Crippen LogP contribution is 2.69. The van der Waals surface area contributed by atoms with E-state index in [-0.39, 0.29) is 17.6 Å². The van der Waals surface area contributed by atoms with E-state index in [2.05, 4.69) is 18.2 Å². The van der Waals surface area contributed by atoms with Crippen molar-refractivity contribution in [1.29, 1.82) is 0 Å². The monoisotopic (exact) mass is 788 g/mol. The van der Waals surface area contributed by atoms with Crippen molar-refractivity contribution in [2.45, 2.75) is 50.4 Å². The number of phenols is 2. The molecule has 0 aliphatic carbocycles. The molecule has 4 heterocycles. The van der Waals surface area contributed by atoms with Crippen LogP contribution in [0.3, 0.4) is 0 Å². The highest BCUT2D eigenvalue weighted by Gasteiger charge is 2.63. The predicted octanol–water partition coefficient (Wildman–Crippen LogP) is 10.4. The minimum atomic E-state index is -1.53. The van der Waals surface area contributed by atoms with Crippen LogP contribution in [0.5, 0.6) is 51.7 Å². The molecule has 9 heteroatoms. The molecule has 6 aromatic rings. The van der Waals surface area contributed by atoms with Crippen LogP contribution in [0.15, 0.2) is 115 Å². The van der Waals surface area contributed by atoms with E-state index in [4.69, 9.17) is 33.2 Å². The van der Waals surface area contributed by atoms with Crippen molar-refractivity contribution in [1.82, 2.24) is 0 Å². The standard InChI is InChI=1S/C50H44O9/c1-27-34(51)24-39-42(47(27)54-4)33(23-37(56-39)30-17-11-7-12-18-30)46-45-43-40(25-35(52)28(2)48(43)55-5)58-50(46,31-19-13-8-14-20-31)59-41-26-38(53-3)32-21-22-36(57-49(32)44(41)45)29-15-9-6-10-16-29/h6-20,23-26,33,36,45-46,51-52H,21-22H2,1-5H3/t33-,36?,45?,46?,50+/m0/s1. The van der Waals surface area contributed by atoms with Crippen LogP contribution in [0.1, 0.15) is 74.4 Å². The number of phenolic OH excluding ortho intramolecular Hbond substituents is 2. The van der Waals surface area contributed by atoms with Crippen LogP contribution in [0.4, 0.5) is 0 Å². The number of methoxy groups -OCH3 is 3. The molecule has 0 saturated heterocycles. The van der Waals surface area contributed by atoms with Gasteiger partial charge >= 0.3 is 0 Å². The Morgan fingerprint density at radius 2 is 1.25 bits per heavy atom. The van der Waals surface area contributed by atoms with Crippen molar-refractivity contribution in [3.63, 3.8) is 0 Å². The smallest absolute Gasteiger partial charge is 0.282 e. The average molecular weight is 789 g/mol. The van der Waals surface area contributed by atoms with E-state index >= 15 is 0 Å². The summed E-state index contributed by atoms with van der Waals surface area (Å²) in [4.78, 5) is 0. The van der Waals surface area contributed by atoms with Crippen molar-refractivity contribution in [3.8, 4) is 51.7 Å². The number of hydrogen-bond donors (Lipinski definition) is 2. The summed E-state index contributed by atoms with van der Waals surface area (Å²) in [5, 5.41) is 22.8. The lowest BCUT2D eigenvalue weighted by Crippen LogP contribution is -2.56. The zero-order chi connectivity index (χ0) is 40.6. The van der Waals surface area contributed by atoms with Crippen LogP contribution in [0.2, 0.25) is 0 Å². The molecule has 0 fully saturated rings. The first-order chi connectivity index (χ1) is 28.8. The molecule has 0 radical (unpaired) electrons. The van der Waals surface area contributed by atoms with Gasteiger partial charge in [-0.3, -0.25) is 0 Å². The number of ether oxygens (including phenoxy) is 7. The Morgan fingerprint density at radius 1 is 0.661 bits per heavy atom. The maximum absolute atomic E-state index is 11.4. The highest BCUT2D eigenvalue weighted by atomic mass is 16.7. The van der Waals surface area contributed by atoms with Gasteiger partial charge in [-0.15, -0.1) is 0 Å². The van der Waals surface area contributed by atoms with Crippen molar-refractivity contribution >= 4 is 5.76 Å². The molecule has 10 rings (SSSR count). The molecule has 2 bridgehead atoms. The fourth-order valence-corrected chi connectivity index (χ4v) is 9.84. The molecule has 2 N–H and O–H groups in total. The lowest BCUT2D eigenvalue weighted by Gasteiger charge is -2.55. The number of hydrogen-bond acceptors (Lipinski definition) is 9. The quantitative estimate of drug-likeness (QED) is 0.164. The second-order valence-corrected chi connectivity index (χ2v) is 15.6. The van der Waals surface area contributed by atoms with E-state index < -0.39 is 23.5 Å². The minimum absolute atomic E-state index is 0.0353. The number of benzene rings is 6. The lowest BCUT2D eigenvalue weighted by atomic mass is 9.62. The molecule has 0 spiro atoms. The van der Waals surface area contributed by atoms with Gasteiger partial charge in [0.1, 0.15) is 63.6 Å². The first-order valence-electron chi connectivity index (χ1n) is 19.9. The summed E-state index contributed by atoms with van der Waals surface area (Å²) < 4.78 is 47.4. The van der Waals surface area contributed by atoms with E-state index in [1.165, 1.54) is 0 Å². The Morgan fingerprint density at radius 3 is 1.90 bits per heavy atom. The van der Waals surface area contributed by atoms with Gasteiger partial charge in [0.15, 0.2) is 0 Å². The molecular formula is C50H44O9. The Labute approximate surface area is 342 Å². The SMILES string of the molecule is COc1cc2c(c3c1CCC(c1ccccc1)O3)C1c3c(cc(O)c(C)c3OC)O[C@](c3ccccc3)(O2)C1[C@H]1C=C(c2ccccc2)Oc2cc(O)c(C)c(OC)c21. The molecule has 4 aliphatic rings. The first kappa shape index (κ1) is 36.6. The summed E-state index contributed by atoms with van der Waals surface area (Å²) >= 11 is 0. The molecule has 0 amide bonds. The number of fused-ring (bicyclic) bond motifs is 9. The number of rotatable bonds is 7. The fourth-order valence-electron chi connectivity index (χ4n) is 9.84. The van der Waals surface area contributed by atoms with Crippen molar-refractivity contribution < 1.29 is 43.4 Å². The van der Waals surface area contributed by atoms with Crippen LogP contribution < -0.4 is 33.2 Å². The van der Waals surface area contributed by atoms with E-state index in [1.54, 1.807) is 33.5 Å². The topological polar surface area (TPSA) is 105 Å². The second kappa shape index (κ2) is 14.0. The van der Waals surface area contributed by atoms with Crippen molar-refractivity contribution in [2.75, 3.05) is 21.3 Å². The van der Waals surface area contributed by atoms with Crippen LogP contribution >= 0.6 is 0 Å². The summed E-state index contributed by atoms with van der Waals surface area (Å²) in [7, 11) is 4.90. The van der Waals surface area contributed by atoms with E-state index in [1.807, 2.05) is 98.8 Å². The van der Waals surface area contributed by atoms with Gasteiger partial charge in [0, 0.05) is 74.5 Å². The molecule has 0 saturated carbocycles. The third-order valence-corrected chi connectivity index (χ3v) is 12.5. The normalized spacial score (nSPS) is 22.0. The average Bonchev–Trinajstić information content (AvgIpc) is 3.27. The van der Waals surface area contributed by atoms with Gasteiger partial charge in [0.05, 0.1) is 27.2 Å². The van der Waals surface area contributed by atoms with Crippen LogP contribution in [0, 0.1) is 19.8 Å². The Bertz CT molecular complexity index is 2640. The minimum Gasteiger partial charge on any atom is -0.507 e. The van der Waals surface area contributed by atoms with Crippen LogP contribution in [0.25, 0.3) is 5.76 Å². The third kappa shape index (κ3) is 5.51. The summed E-state index contributed by atoms with van der Waals surface area (Å²) in [5.74, 6) is 1.22. The molecule has 3 unspecified atom stereocenters. The van der Waals surface area contributed by atoms with Gasteiger partial charge in [-0.05, 0) is 38.3 Å². The maximum Gasteiger partial charge on any atom is 0.282 e. The number of allylic oxidation sites excluding steroid dienone is 1. The summed E-state index contributed by atoms with van der Waals surface area (Å²) in [5.41, 5.74) is 7.08. The van der Waals surface area contributed by atoms with Crippen LogP contribution in [-0.4, -0.2) is 31.5 Å². The lowest BCUT2D eigenvalue weighted by molar-refractivity contribution is -0.194. The summed E-state index contributed by atoms with van der Waals surface area (Å²) in [6, 6.07) is 35.4. The number of aromatic hydroxyl groups is 2. The predicted molar refractivity (Wildman–Crippen MR) is 222 cm³/mol. The van der Waals surface area contributed by atoms with Gasteiger partial charge in [0.25, 0.3) is 5.79 Å². The molecule has 59 heavy (non-hydrogen) atoms. The Hall–Kier alpha value is -6.74. The van der Waals surface area contributed by atoms with Gasteiger partial charge in [-0.2, -0.15) is 0 Å². The van der Waals surface area contributed by atoms with Gasteiger partial charge in [0.2, 0.25) is 0 Å². The van der Waals surface area contributed by atoms with Crippen LogP contribution in [-0.2, 0) is 12.2 Å². The summed E-state index contributed by atoms with van der Waals surface area (Å²) in [6.07, 6.45) is 3.34. The molecule has 298 valence electrons. The molecule has 5 atom stereocenters. The Kier molecular flexibility index (Phi) is 8.67. The van der Waals surface area contributed by atoms with Crippen molar-refractivity contribution in [2.24, 2.45) is 5.92 Å². The third-order valence-electron chi connectivity index (χ3n) is 12.5. The molecule has 4 aliphatic heterocycles. The highest BCUT2D eigenvalue weighted by molar-refractivity contribution is 5.74. The maximum atomic E-state index is 11.4. The first-order valence-corrected chi connectivity index (χ1v) is 19.9. The zero-order valence-electron chi connectivity index (χ0n) is 33.4. The second-order valence-electron chi connectivity index (χ2n) is 15.6.